The second kappa shape index (κ2) is 5.28. The minimum atomic E-state index is -0.0795. The molecule has 1 heterocycles. The van der Waals surface area contributed by atoms with E-state index >= 15 is 0 Å². The van der Waals surface area contributed by atoms with Crippen molar-refractivity contribution in [3.8, 4) is 0 Å². The van der Waals surface area contributed by atoms with Crippen LogP contribution in [-0.4, -0.2) is 13.1 Å². The SMILES string of the molecule is Cc1cc(Br)c(F)c(CC2CCNCC2)c1. The molecule has 0 saturated carbocycles. The van der Waals surface area contributed by atoms with Crippen molar-refractivity contribution in [2.24, 2.45) is 5.92 Å². The van der Waals surface area contributed by atoms with Crippen LogP contribution in [0.1, 0.15) is 24.0 Å². The molecule has 1 aliphatic rings. The molecule has 0 radical (unpaired) electrons. The van der Waals surface area contributed by atoms with E-state index in [1.807, 2.05) is 19.1 Å². The Morgan fingerprint density at radius 1 is 1.38 bits per heavy atom. The van der Waals surface area contributed by atoms with E-state index < -0.39 is 0 Å². The van der Waals surface area contributed by atoms with Crippen LogP contribution in [0.15, 0.2) is 16.6 Å². The smallest absolute Gasteiger partial charge is 0.140 e. The molecule has 88 valence electrons. The molecule has 0 amide bonds. The Hall–Kier alpha value is -0.410. The quantitative estimate of drug-likeness (QED) is 0.878. The van der Waals surface area contributed by atoms with Gasteiger partial charge in [-0.25, -0.2) is 4.39 Å². The first-order valence-electron chi connectivity index (χ1n) is 5.82. The molecule has 0 unspecified atom stereocenters. The van der Waals surface area contributed by atoms with Crippen LogP contribution in [0.3, 0.4) is 0 Å². The van der Waals surface area contributed by atoms with Gasteiger partial charge in [-0.3, -0.25) is 0 Å². The predicted molar refractivity (Wildman–Crippen MR) is 68.1 cm³/mol. The van der Waals surface area contributed by atoms with E-state index in [0.717, 1.165) is 43.5 Å². The third-order valence-corrected chi connectivity index (χ3v) is 3.79. The van der Waals surface area contributed by atoms with Crippen molar-refractivity contribution in [3.63, 3.8) is 0 Å². The van der Waals surface area contributed by atoms with Crippen molar-refractivity contribution in [1.82, 2.24) is 5.32 Å². The molecular weight excluding hydrogens is 269 g/mol. The maximum atomic E-state index is 13.9. The van der Waals surface area contributed by atoms with E-state index in [-0.39, 0.29) is 5.82 Å². The van der Waals surface area contributed by atoms with Crippen LogP contribution in [0.5, 0.6) is 0 Å². The van der Waals surface area contributed by atoms with Crippen LogP contribution in [-0.2, 0) is 6.42 Å². The fourth-order valence-corrected chi connectivity index (χ4v) is 2.96. The molecule has 1 aliphatic heterocycles. The number of aryl methyl sites for hydroxylation is 1. The second-order valence-electron chi connectivity index (χ2n) is 4.62. The van der Waals surface area contributed by atoms with Crippen molar-refractivity contribution in [3.05, 3.63) is 33.5 Å². The Kier molecular flexibility index (Phi) is 3.98. The maximum absolute atomic E-state index is 13.9. The molecule has 0 spiro atoms. The summed E-state index contributed by atoms with van der Waals surface area (Å²) in [5, 5.41) is 3.33. The van der Waals surface area contributed by atoms with Crippen LogP contribution in [0.2, 0.25) is 0 Å². The van der Waals surface area contributed by atoms with E-state index in [2.05, 4.69) is 21.2 Å². The van der Waals surface area contributed by atoms with Gasteiger partial charge in [-0.05, 0) is 78.3 Å². The van der Waals surface area contributed by atoms with Crippen LogP contribution in [0.4, 0.5) is 4.39 Å². The van der Waals surface area contributed by atoms with Crippen molar-refractivity contribution in [2.45, 2.75) is 26.2 Å². The Morgan fingerprint density at radius 3 is 2.75 bits per heavy atom. The van der Waals surface area contributed by atoms with Crippen LogP contribution < -0.4 is 5.32 Å². The van der Waals surface area contributed by atoms with Crippen molar-refractivity contribution < 1.29 is 4.39 Å². The average Bonchev–Trinajstić information content (AvgIpc) is 2.27. The summed E-state index contributed by atoms with van der Waals surface area (Å²) in [5.74, 6) is 0.550. The fourth-order valence-electron chi connectivity index (χ4n) is 2.34. The monoisotopic (exact) mass is 285 g/mol. The van der Waals surface area contributed by atoms with Gasteiger partial charge in [0.1, 0.15) is 5.82 Å². The molecule has 0 aromatic heterocycles. The van der Waals surface area contributed by atoms with Gasteiger partial charge in [0.25, 0.3) is 0 Å². The second-order valence-corrected chi connectivity index (χ2v) is 5.47. The van der Waals surface area contributed by atoms with Crippen LogP contribution in [0, 0.1) is 18.7 Å². The van der Waals surface area contributed by atoms with E-state index in [0.29, 0.717) is 10.4 Å². The Labute approximate surface area is 105 Å². The molecule has 0 bridgehead atoms. The fraction of sp³-hybridized carbons (Fsp3) is 0.538. The minimum Gasteiger partial charge on any atom is -0.317 e. The minimum absolute atomic E-state index is 0.0795. The van der Waals surface area contributed by atoms with Crippen molar-refractivity contribution in [2.75, 3.05) is 13.1 Å². The normalized spacial score (nSPS) is 17.7. The first kappa shape index (κ1) is 12.1. The third-order valence-electron chi connectivity index (χ3n) is 3.22. The summed E-state index contributed by atoms with van der Waals surface area (Å²) in [7, 11) is 0. The molecule has 1 fully saturated rings. The molecular formula is C13H17BrFN. The summed E-state index contributed by atoms with van der Waals surface area (Å²) in [5.41, 5.74) is 1.98. The number of benzene rings is 1. The number of hydrogen-bond donors (Lipinski definition) is 1. The molecule has 0 atom stereocenters. The Bertz CT molecular complexity index is 372. The number of rotatable bonds is 2. The van der Waals surface area contributed by atoms with Gasteiger partial charge in [-0.15, -0.1) is 0 Å². The number of piperidine rings is 1. The van der Waals surface area contributed by atoms with Crippen LogP contribution in [0.25, 0.3) is 0 Å². The standard InChI is InChI=1S/C13H17BrFN/c1-9-6-11(13(15)12(14)7-9)8-10-2-4-16-5-3-10/h6-7,10,16H,2-5,8H2,1H3. The van der Waals surface area contributed by atoms with Gasteiger partial charge in [0.15, 0.2) is 0 Å². The van der Waals surface area contributed by atoms with E-state index in [9.17, 15) is 4.39 Å². The van der Waals surface area contributed by atoms with Gasteiger partial charge in [-0.1, -0.05) is 6.07 Å². The molecule has 16 heavy (non-hydrogen) atoms. The van der Waals surface area contributed by atoms with E-state index in [1.165, 1.54) is 0 Å². The lowest BCUT2D eigenvalue weighted by Crippen LogP contribution is -2.28. The van der Waals surface area contributed by atoms with Gasteiger partial charge >= 0.3 is 0 Å². The highest BCUT2D eigenvalue weighted by atomic mass is 79.9. The number of halogens is 2. The van der Waals surface area contributed by atoms with Crippen LogP contribution >= 0.6 is 15.9 Å². The summed E-state index contributed by atoms with van der Waals surface area (Å²) < 4.78 is 14.5. The van der Waals surface area contributed by atoms with E-state index in [1.54, 1.807) is 0 Å². The summed E-state index contributed by atoms with van der Waals surface area (Å²) in [6.07, 6.45) is 3.18. The zero-order valence-corrected chi connectivity index (χ0v) is 11.1. The van der Waals surface area contributed by atoms with E-state index in [4.69, 9.17) is 0 Å². The molecule has 1 saturated heterocycles. The van der Waals surface area contributed by atoms with Gasteiger partial charge in [0.2, 0.25) is 0 Å². The third kappa shape index (κ3) is 2.83. The van der Waals surface area contributed by atoms with Gasteiger partial charge < -0.3 is 5.32 Å². The molecule has 2 rings (SSSR count). The topological polar surface area (TPSA) is 12.0 Å². The number of nitrogens with one attached hydrogen (secondary N) is 1. The maximum Gasteiger partial charge on any atom is 0.140 e. The summed E-state index contributed by atoms with van der Waals surface area (Å²) in [4.78, 5) is 0. The molecule has 1 nitrogen and oxygen atoms in total. The molecule has 1 aromatic carbocycles. The Balaban J connectivity index is 2.13. The lowest BCUT2D eigenvalue weighted by atomic mass is 9.90. The molecule has 1 aromatic rings. The summed E-state index contributed by atoms with van der Waals surface area (Å²) >= 11 is 3.27. The highest BCUT2D eigenvalue weighted by Crippen LogP contribution is 2.25. The predicted octanol–water partition coefficient (Wildman–Crippen LogP) is 3.44. The highest BCUT2D eigenvalue weighted by Gasteiger charge is 2.16. The highest BCUT2D eigenvalue weighted by molar-refractivity contribution is 9.10. The molecule has 0 aliphatic carbocycles. The van der Waals surface area contributed by atoms with Gasteiger partial charge in [-0.2, -0.15) is 0 Å². The molecule has 3 heteroatoms. The first-order chi connectivity index (χ1) is 7.66. The zero-order valence-electron chi connectivity index (χ0n) is 9.52. The number of hydrogen-bond acceptors (Lipinski definition) is 1. The Morgan fingerprint density at radius 2 is 2.06 bits per heavy atom. The van der Waals surface area contributed by atoms with Crippen molar-refractivity contribution in [1.29, 1.82) is 0 Å². The molecule has 1 N–H and O–H groups in total. The van der Waals surface area contributed by atoms with Gasteiger partial charge in [0, 0.05) is 0 Å². The lowest BCUT2D eigenvalue weighted by Gasteiger charge is -2.23. The first-order valence-corrected chi connectivity index (χ1v) is 6.61. The average molecular weight is 286 g/mol. The van der Waals surface area contributed by atoms with Crippen molar-refractivity contribution >= 4 is 15.9 Å². The lowest BCUT2D eigenvalue weighted by molar-refractivity contribution is 0.368. The van der Waals surface area contributed by atoms with Gasteiger partial charge in [0.05, 0.1) is 4.47 Å². The summed E-state index contributed by atoms with van der Waals surface area (Å²) in [6.45, 7) is 4.15. The largest absolute Gasteiger partial charge is 0.317 e. The summed E-state index contributed by atoms with van der Waals surface area (Å²) in [6, 6.07) is 3.81. The zero-order chi connectivity index (χ0) is 11.5.